The van der Waals surface area contributed by atoms with Gasteiger partial charge in [-0.25, -0.2) is 5.43 Å². The molecule has 0 aliphatic heterocycles. The molecular weight excluding hydrogens is 240 g/mol. The molecule has 5 nitrogen and oxygen atoms in total. The van der Waals surface area contributed by atoms with Gasteiger partial charge in [-0.05, 0) is 36.6 Å². The fourth-order valence-electron chi connectivity index (χ4n) is 2.14. The van der Waals surface area contributed by atoms with Crippen LogP contribution in [-0.2, 0) is 7.05 Å². The van der Waals surface area contributed by atoms with E-state index in [4.69, 9.17) is 10.6 Å². The Labute approximate surface area is 112 Å². The first-order valence-electron chi connectivity index (χ1n) is 6.48. The molecule has 0 radical (unpaired) electrons. The van der Waals surface area contributed by atoms with Crippen molar-refractivity contribution in [2.75, 3.05) is 0 Å². The van der Waals surface area contributed by atoms with E-state index in [1.807, 2.05) is 42.1 Å². The molecule has 3 rings (SSSR count). The highest BCUT2D eigenvalue weighted by Crippen LogP contribution is 2.28. The first-order chi connectivity index (χ1) is 9.28. The Balaban J connectivity index is 1.81. The molecule has 2 aromatic rings. The van der Waals surface area contributed by atoms with Crippen LogP contribution < -0.4 is 16.0 Å². The second-order valence-corrected chi connectivity index (χ2v) is 4.87. The number of nitrogens with one attached hydrogen (secondary N) is 1. The Kier molecular flexibility index (Phi) is 3.23. The van der Waals surface area contributed by atoms with Crippen molar-refractivity contribution in [1.82, 2.24) is 15.2 Å². The van der Waals surface area contributed by atoms with Crippen molar-refractivity contribution < 1.29 is 4.74 Å². The summed E-state index contributed by atoms with van der Waals surface area (Å²) in [6, 6.07) is 9.95. The first-order valence-corrected chi connectivity index (χ1v) is 6.48. The summed E-state index contributed by atoms with van der Waals surface area (Å²) in [6.07, 6.45) is 4.53. The van der Waals surface area contributed by atoms with Crippen LogP contribution in [0, 0.1) is 0 Å². The number of hydrogen-bond acceptors (Lipinski definition) is 4. The van der Waals surface area contributed by atoms with E-state index in [0.717, 1.165) is 17.0 Å². The number of rotatable bonds is 5. The Bertz CT molecular complexity index is 545. The van der Waals surface area contributed by atoms with Crippen molar-refractivity contribution in [3.05, 3.63) is 47.8 Å². The van der Waals surface area contributed by atoms with Gasteiger partial charge in [0.05, 0.1) is 17.8 Å². The molecule has 1 atom stereocenters. The van der Waals surface area contributed by atoms with E-state index >= 15 is 0 Å². The van der Waals surface area contributed by atoms with Gasteiger partial charge in [-0.1, -0.05) is 12.1 Å². The zero-order valence-corrected chi connectivity index (χ0v) is 10.9. The molecule has 0 saturated heterocycles. The van der Waals surface area contributed by atoms with Crippen LogP contribution in [0.1, 0.15) is 30.1 Å². The van der Waals surface area contributed by atoms with Crippen LogP contribution in [0.4, 0.5) is 0 Å². The van der Waals surface area contributed by atoms with E-state index in [2.05, 4.69) is 10.5 Å². The van der Waals surface area contributed by atoms with Crippen LogP contribution in [0.15, 0.2) is 36.5 Å². The summed E-state index contributed by atoms with van der Waals surface area (Å²) in [4.78, 5) is 0. The Morgan fingerprint density at radius 3 is 2.58 bits per heavy atom. The van der Waals surface area contributed by atoms with Gasteiger partial charge in [0.15, 0.2) is 0 Å². The summed E-state index contributed by atoms with van der Waals surface area (Å²) in [5.41, 5.74) is 4.95. The van der Waals surface area contributed by atoms with Crippen LogP contribution in [-0.4, -0.2) is 15.9 Å². The molecule has 1 fully saturated rings. The quantitative estimate of drug-likeness (QED) is 0.630. The number of ether oxygens (including phenoxy) is 1. The van der Waals surface area contributed by atoms with Gasteiger partial charge < -0.3 is 4.74 Å². The molecule has 1 aliphatic carbocycles. The maximum Gasteiger partial charge on any atom is 0.119 e. The highest BCUT2D eigenvalue weighted by atomic mass is 16.5. The molecule has 1 aromatic heterocycles. The van der Waals surface area contributed by atoms with Gasteiger partial charge in [0, 0.05) is 13.2 Å². The van der Waals surface area contributed by atoms with Crippen LogP contribution in [0.25, 0.3) is 0 Å². The van der Waals surface area contributed by atoms with Crippen molar-refractivity contribution in [3.8, 4) is 5.75 Å². The van der Waals surface area contributed by atoms with E-state index in [0.29, 0.717) is 6.10 Å². The predicted molar refractivity (Wildman–Crippen MR) is 72.5 cm³/mol. The van der Waals surface area contributed by atoms with Gasteiger partial charge in [-0.3, -0.25) is 10.5 Å². The summed E-state index contributed by atoms with van der Waals surface area (Å²) in [6.45, 7) is 0. The monoisotopic (exact) mass is 258 g/mol. The van der Waals surface area contributed by atoms with Gasteiger partial charge in [0.2, 0.25) is 0 Å². The highest BCUT2D eigenvalue weighted by Gasteiger charge is 2.23. The largest absolute Gasteiger partial charge is 0.490 e. The lowest BCUT2D eigenvalue weighted by molar-refractivity contribution is 0.303. The number of aromatic nitrogens is 2. The third-order valence-electron chi connectivity index (χ3n) is 3.36. The fraction of sp³-hybridized carbons (Fsp3) is 0.357. The smallest absolute Gasteiger partial charge is 0.119 e. The summed E-state index contributed by atoms with van der Waals surface area (Å²) in [5, 5.41) is 4.17. The Morgan fingerprint density at radius 2 is 2.05 bits per heavy atom. The van der Waals surface area contributed by atoms with Gasteiger partial charge in [-0.2, -0.15) is 5.10 Å². The zero-order chi connectivity index (χ0) is 13.2. The van der Waals surface area contributed by atoms with E-state index in [-0.39, 0.29) is 6.04 Å². The van der Waals surface area contributed by atoms with Crippen molar-refractivity contribution in [3.63, 3.8) is 0 Å². The molecule has 100 valence electrons. The lowest BCUT2D eigenvalue weighted by Crippen LogP contribution is -2.30. The fourth-order valence-corrected chi connectivity index (χ4v) is 2.14. The minimum Gasteiger partial charge on any atom is -0.490 e. The molecule has 1 heterocycles. The van der Waals surface area contributed by atoms with E-state index in [1.54, 1.807) is 6.20 Å². The molecule has 0 amide bonds. The second-order valence-electron chi connectivity index (χ2n) is 4.87. The standard InChI is InChI=1S/C14H18N4O/c1-18-13(8-9-16-18)14(17-15)10-2-4-11(5-3-10)19-12-6-7-12/h2-5,8-9,12,14,17H,6-7,15H2,1H3. The van der Waals surface area contributed by atoms with Crippen molar-refractivity contribution in [1.29, 1.82) is 0 Å². The van der Waals surface area contributed by atoms with Gasteiger partial charge in [0.1, 0.15) is 5.75 Å². The summed E-state index contributed by atoms with van der Waals surface area (Å²) < 4.78 is 7.56. The molecule has 1 aromatic carbocycles. The minimum absolute atomic E-state index is 0.0672. The van der Waals surface area contributed by atoms with Gasteiger partial charge in [0.25, 0.3) is 0 Å². The molecule has 0 bridgehead atoms. The minimum atomic E-state index is -0.0672. The molecule has 1 saturated carbocycles. The first kappa shape index (κ1) is 12.2. The van der Waals surface area contributed by atoms with Gasteiger partial charge >= 0.3 is 0 Å². The second kappa shape index (κ2) is 5.03. The lowest BCUT2D eigenvalue weighted by atomic mass is 10.0. The molecule has 3 N–H and O–H groups in total. The van der Waals surface area contributed by atoms with E-state index in [9.17, 15) is 0 Å². The SMILES string of the molecule is Cn1nccc1C(NN)c1ccc(OC2CC2)cc1. The van der Waals surface area contributed by atoms with Crippen LogP contribution in [0.2, 0.25) is 0 Å². The topological polar surface area (TPSA) is 65.1 Å². The van der Waals surface area contributed by atoms with Crippen LogP contribution >= 0.6 is 0 Å². The Morgan fingerprint density at radius 1 is 1.32 bits per heavy atom. The van der Waals surface area contributed by atoms with Crippen LogP contribution in [0.5, 0.6) is 5.75 Å². The average molecular weight is 258 g/mol. The zero-order valence-electron chi connectivity index (χ0n) is 10.9. The molecule has 1 unspecified atom stereocenters. The third-order valence-corrected chi connectivity index (χ3v) is 3.36. The number of nitrogens with two attached hydrogens (primary N) is 1. The van der Waals surface area contributed by atoms with Gasteiger partial charge in [-0.15, -0.1) is 0 Å². The number of nitrogens with zero attached hydrogens (tertiary/aromatic N) is 2. The Hall–Kier alpha value is -1.85. The van der Waals surface area contributed by atoms with E-state index in [1.165, 1.54) is 12.8 Å². The van der Waals surface area contributed by atoms with Crippen molar-refractivity contribution in [2.24, 2.45) is 12.9 Å². The number of hydrogen-bond donors (Lipinski definition) is 2. The number of benzene rings is 1. The summed E-state index contributed by atoms with van der Waals surface area (Å²) in [5.74, 6) is 6.59. The maximum absolute atomic E-state index is 5.74. The number of hydrazine groups is 1. The molecular formula is C14H18N4O. The summed E-state index contributed by atoms with van der Waals surface area (Å²) in [7, 11) is 1.91. The average Bonchev–Trinajstić information content (AvgIpc) is 3.14. The van der Waals surface area contributed by atoms with Crippen molar-refractivity contribution >= 4 is 0 Å². The maximum atomic E-state index is 5.74. The lowest BCUT2D eigenvalue weighted by Gasteiger charge is -2.17. The number of aryl methyl sites for hydroxylation is 1. The highest BCUT2D eigenvalue weighted by molar-refractivity contribution is 5.33. The molecule has 0 spiro atoms. The molecule has 5 heteroatoms. The third kappa shape index (κ3) is 2.62. The summed E-state index contributed by atoms with van der Waals surface area (Å²) >= 11 is 0. The predicted octanol–water partition coefficient (Wildman–Crippen LogP) is 1.51. The van der Waals surface area contributed by atoms with E-state index < -0.39 is 0 Å². The normalized spacial score (nSPS) is 16.3. The van der Waals surface area contributed by atoms with Crippen LogP contribution in [0.3, 0.4) is 0 Å². The van der Waals surface area contributed by atoms with Crippen molar-refractivity contribution in [2.45, 2.75) is 25.0 Å². The molecule has 19 heavy (non-hydrogen) atoms. The molecule has 1 aliphatic rings.